The van der Waals surface area contributed by atoms with Crippen LogP contribution in [-0.2, 0) is 0 Å². The Morgan fingerprint density at radius 1 is 1.50 bits per heavy atom. The molecule has 1 aromatic carbocycles. The molecule has 0 aliphatic heterocycles. The van der Waals surface area contributed by atoms with Gasteiger partial charge in [-0.05, 0) is 31.2 Å². The molecule has 94 valence electrons. The zero-order valence-electron chi connectivity index (χ0n) is 10.1. The molecule has 2 unspecified atom stereocenters. The van der Waals surface area contributed by atoms with Gasteiger partial charge in [-0.15, -0.1) is 0 Å². The maximum absolute atomic E-state index is 10.8. The minimum absolute atomic E-state index is 0.0158. The number of nitro benzene ring substituents is 1. The Morgan fingerprint density at radius 2 is 2.28 bits per heavy atom. The van der Waals surface area contributed by atoms with E-state index in [9.17, 15) is 10.1 Å². The zero-order valence-corrected chi connectivity index (χ0v) is 10.1. The van der Waals surface area contributed by atoms with E-state index in [1.54, 1.807) is 12.1 Å². The van der Waals surface area contributed by atoms with Gasteiger partial charge in [0.1, 0.15) is 11.8 Å². The molecule has 18 heavy (non-hydrogen) atoms. The summed E-state index contributed by atoms with van der Waals surface area (Å²) in [4.78, 5) is 10.3. The molecule has 0 saturated heterocycles. The van der Waals surface area contributed by atoms with E-state index < -0.39 is 4.92 Å². The highest BCUT2D eigenvalue weighted by Gasteiger charge is 2.25. The standard InChI is InChI=1S/C13H14N2O3/c1-9-5-6-10(7-9)18-13-4-2-3-12(15(16)17)11(13)8-14/h2-4,9-10H,5-7H2,1H3. The van der Waals surface area contributed by atoms with E-state index in [-0.39, 0.29) is 17.4 Å². The van der Waals surface area contributed by atoms with Crippen LogP contribution < -0.4 is 4.74 Å². The molecular weight excluding hydrogens is 232 g/mol. The molecular formula is C13H14N2O3. The van der Waals surface area contributed by atoms with Crippen LogP contribution in [-0.4, -0.2) is 11.0 Å². The van der Waals surface area contributed by atoms with Gasteiger partial charge in [0, 0.05) is 6.07 Å². The molecule has 0 N–H and O–H groups in total. The van der Waals surface area contributed by atoms with Crippen LogP contribution in [0.5, 0.6) is 5.75 Å². The van der Waals surface area contributed by atoms with Crippen molar-refractivity contribution >= 4 is 5.69 Å². The number of rotatable bonds is 3. The summed E-state index contributed by atoms with van der Waals surface area (Å²) >= 11 is 0. The molecule has 5 nitrogen and oxygen atoms in total. The van der Waals surface area contributed by atoms with Crippen LogP contribution in [0, 0.1) is 27.4 Å². The van der Waals surface area contributed by atoms with Crippen LogP contribution in [0.3, 0.4) is 0 Å². The first-order chi connectivity index (χ1) is 8.61. The van der Waals surface area contributed by atoms with Crippen molar-refractivity contribution in [2.24, 2.45) is 5.92 Å². The summed E-state index contributed by atoms with van der Waals surface area (Å²) in [6.45, 7) is 2.15. The van der Waals surface area contributed by atoms with Crippen molar-refractivity contribution in [1.82, 2.24) is 0 Å². The van der Waals surface area contributed by atoms with Gasteiger partial charge in [-0.2, -0.15) is 5.26 Å². The third-order valence-electron chi connectivity index (χ3n) is 3.25. The largest absolute Gasteiger partial charge is 0.489 e. The fraction of sp³-hybridized carbons (Fsp3) is 0.462. The van der Waals surface area contributed by atoms with Gasteiger partial charge in [-0.1, -0.05) is 13.0 Å². The molecule has 0 bridgehead atoms. The predicted octanol–water partition coefficient (Wildman–Crippen LogP) is 3.03. The molecule has 0 aromatic heterocycles. The van der Waals surface area contributed by atoms with E-state index in [0.717, 1.165) is 19.3 Å². The molecule has 0 heterocycles. The number of ether oxygens (including phenoxy) is 1. The van der Waals surface area contributed by atoms with E-state index in [2.05, 4.69) is 6.92 Å². The van der Waals surface area contributed by atoms with Crippen LogP contribution >= 0.6 is 0 Å². The molecule has 2 rings (SSSR count). The summed E-state index contributed by atoms with van der Waals surface area (Å²) in [5.41, 5.74) is -0.178. The lowest BCUT2D eigenvalue weighted by Gasteiger charge is -2.14. The Balaban J connectivity index is 2.25. The summed E-state index contributed by atoms with van der Waals surface area (Å²) in [6, 6.07) is 6.35. The van der Waals surface area contributed by atoms with Crippen LogP contribution in [0.25, 0.3) is 0 Å². The first kappa shape index (κ1) is 12.4. The second-order valence-electron chi connectivity index (χ2n) is 4.68. The van der Waals surface area contributed by atoms with E-state index in [1.165, 1.54) is 6.07 Å². The minimum atomic E-state index is -0.553. The van der Waals surface area contributed by atoms with Gasteiger partial charge in [0.25, 0.3) is 5.69 Å². The van der Waals surface area contributed by atoms with E-state index in [0.29, 0.717) is 11.7 Å². The average molecular weight is 246 g/mol. The lowest BCUT2D eigenvalue weighted by atomic mass is 10.1. The number of nitriles is 1. The Morgan fingerprint density at radius 3 is 2.83 bits per heavy atom. The summed E-state index contributed by atoms with van der Waals surface area (Å²) in [5, 5.41) is 19.9. The smallest absolute Gasteiger partial charge is 0.290 e. The first-order valence-corrected chi connectivity index (χ1v) is 5.96. The summed E-state index contributed by atoms with van der Waals surface area (Å²) in [5.74, 6) is 0.935. The SMILES string of the molecule is CC1CCC(Oc2cccc([N+](=O)[O-])c2C#N)C1. The highest BCUT2D eigenvalue weighted by molar-refractivity contribution is 5.56. The number of nitrogens with zero attached hydrogens (tertiary/aromatic N) is 2. The highest BCUT2D eigenvalue weighted by Crippen LogP contribution is 2.33. The maximum atomic E-state index is 10.8. The number of benzene rings is 1. The Hall–Kier alpha value is -2.09. The third-order valence-corrected chi connectivity index (χ3v) is 3.25. The van der Waals surface area contributed by atoms with Gasteiger partial charge in [0.2, 0.25) is 0 Å². The lowest BCUT2D eigenvalue weighted by Crippen LogP contribution is -2.13. The van der Waals surface area contributed by atoms with Gasteiger partial charge < -0.3 is 4.74 Å². The predicted molar refractivity (Wildman–Crippen MR) is 65.2 cm³/mol. The normalized spacial score (nSPS) is 22.4. The highest BCUT2D eigenvalue weighted by atomic mass is 16.6. The van der Waals surface area contributed by atoms with Crippen molar-refractivity contribution in [3.63, 3.8) is 0 Å². The van der Waals surface area contributed by atoms with Crippen molar-refractivity contribution in [2.75, 3.05) is 0 Å². The first-order valence-electron chi connectivity index (χ1n) is 5.96. The fourth-order valence-electron chi connectivity index (χ4n) is 2.32. The van der Waals surface area contributed by atoms with Crippen molar-refractivity contribution < 1.29 is 9.66 Å². The van der Waals surface area contributed by atoms with E-state index in [1.807, 2.05) is 6.07 Å². The van der Waals surface area contributed by atoms with E-state index in [4.69, 9.17) is 10.00 Å². The molecule has 1 fully saturated rings. The van der Waals surface area contributed by atoms with Crippen LogP contribution in [0.2, 0.25) is 0 Å². The van der Waals surface area contributed by atoms with Gasteiger partial charge in [-0.25, -0.2) is 0 Å². The van der Waals surface area contributed by atoms with E-state index >= 15 is 0 Å². The second kappa shape index (κ2) is 5.05. The molecule has 0 radical (unpaired) electrons. The Bertz CT molecular complexity index is 507. The number of nitro groups is 1. The fourth-order valence-corrected chi connectivity index (χ4v) is 2.32. The molecule has 2 atom stereocenters. The maximum Gasteiger partial charge on any atom is 0.290 e. The van der Waals surface area contributed by atoms with Gasteiger partial charge in [0.05, 0.1) is 11.0 Å². The van der Waals surface area contributed by atoms with Gasteiger partial charge >= 0.3 is 0 Å². The Labute approximate surface area is 105 Å². The second-order valence-corrected chi connectivity index (χ2v) is 4.68. The quantitative estimate of drug-likeness (QED) is 0.606. The van der Waals surface area contributed by atoms with Gasteiger partial charge in [0.15, 0.2) is 5.56 Å². The Kier molecular flexibility index (Phi) is 3.47. The van der Waals surface area contributed by atoms with Crippen molar-refractivity contribution in [3.05, 3.63) is 33.9 Å². The van der Waals surface area contributed by atoms with Crippen LogP contribution in [0.1, 0.15) is 31.7 Å². The zero-order chi connectivity index (χ0) is 13.1. The molecule has 1 aliphatic carbocycles. The minimum Gasteiger partial charge on any atom is -0.489 e. The van der Waals surface area contributed by atoms with Crippen molar-refractivity contribution in [1.29, 1.82) is 5.26 Å². The number of hydrogen-bond acceptors (Lipinski definition) is 4. The lowest BCUT2D eigenvalue weighted by molar-refractivity contribution is -0.385. The molecule has 0 amide bonds. The average Bonchev–Trinajstić information content (AvgIpc) is 2.74. The van der Waals surface area contributed by atoms with Gasteiger partial charge in [-0.3, -0.25) is 10.1 Å². The van der Waals surface area contributed by atoms with Crippen LogP contribution in [0.4, 0.5) is 5.69 Å². The third kappa shape index (κ3) is 2.43. The molecule has 1 saturated carbocycles. The summed E-state index contributed by atoms with van der Waals surface area (Å²) in [6.07, 6.45) is 3.04. The van der Waals surface area contributed by atoms with Crippen molar-refractivity contribution in [3.8, 4) is 11.8 Å². The molecule has 1 aliphatic rings. The number of hydrogen-bond donors (Lipinski definition) is 0. The summed E-state index contributed by atoms with van der Waals surface area (Å²) < 4.78 is 5.73. The topological polar surface area (TPSA) is 76.2 Å². The molecule has 0 spiro atoms. The molecule has 5 heteroatoms. The van der Waals surface area contributed by atoms with Crippen LogP contribution in [0.15, 0.2) is 18.2 Å². The summed E-state index contributed by atoms with van der Waals surface area (Å²) in [7, 11) is 0. The molecule has 1 aromatic rings. The monoisotopic (exact) mass is 246 g/mol. The van der Waals surface area contributed by atoms with Crippen molar-refractivity contribution in [2.45, 2.75) is 32.3 Å².